The normalized spacial score (nSPS) is 13.7. The third kappa shape index (κ3) is 4.09. The van der Waals surface area contributed by atoms with Gasteiger partial charge in [0.25, 0.3) is 0 Å². The lowest BCUT2D eigenvalue weighted by Gasteiger charge is -2.19. The molecule has 0 fully saturated rings. The van der Waals surface area contributed by atoms with Gasteiger partial charge in [-0.3, -0.25) is 4.79 Å². The zero-order chi connectivity index (χ0) is 18.6. The Bertz CT molecular complexity index is 944. The van der Waals surface area contributed by atoms with Crippen LogP contribution >= 0.6 is 22.7 Å². The molecule has 140 valence electrons. The maximum Gasteiger partial charge on any atom is 0.231 e. The standard InChI is InChI=1S/C20H22N4OS2/c1-2-3-4-5-9-24-10-8-14-11-15(6-7-17(14)24)22-23-20-21-19-18(27-20)12-16(13-25)26-19/h6-7,11-13H,2-5,8-10H2,1H3/b23-22+. The quantitative estimate of drug-likeness (QED) is 0.246. The minimum Gasteiger partial charge on any atom is -0.371 e. The Kier molecular flexibility index (Phi) is 5.59. The summed E-state index contributed by atoms with van der Waals surface area (Å²) in [5.74, 6) is 0. The molecule has 1 aliphatic rings. The van der Waals surface area contributed by atoms with E-state index in [9.17, 15) is 4.79 Å². The Morgan fingerprint density at radius 1 is 1.19 bits per heavy atom. The number of carbonyl (C=O) groups is 1. The molecule has 2 aromatic heterocycles. The fraction of sp³-hybridized carbons (Fsp3) is 0.400. The number of aldehydes is 1. The van der Waals surface area contributed by atoms with Crippen LogP contribution in [0.15, 0.2) is 34.5 Å². The number of aromatic nitrogens is 1. The van der Waals surface area contributed by atoms with E-state index >= 15 is 0 Å². The molecular weight excluding hydrogens is 376 g/mol. The van der Waals surface area contributed by atoms with Crippen LogP contribution in [0, 0.1) is 0 Å². The molecule has 0 saturated carbocycles. The second kappa shape index (κ2) is 8.27. The van der Waals surface area contributed by atoms with E-state index in [-0.39, 0.29) is 0 Å². The lowest BCUT2D eigenvalue weighted by Crippen LogP contribution is -2.21. The van der Waals surface area contributed by atoms with E-state index in [2.05, 4.69) is 39.2 Å². The molecule has 5 nitrogen and oxygen atoms in total. The first kappa shape index (κ1) is 18.3. The Hall–Kier alpha value is -2.12. The predicted molar refractivity (Wildman–Crippen MR) is 114 cm³/mol. The lowest BCUT2D eigenvalue weighted by atomic mass is 10.1. The summed E-state index contributed by atoms with van der Waals surface area (Å²) in [6.07, 6.45) is 7.12. The van der Waals surface area contributed by atoms with Crippen molar-refractivity contribution in [3.05, 3.63) is 34.7 Å². The fourth-order valence-corrected chi connectivity index (χ4v) is 5.28. The molecule has 0 radical (unpaired) electrons. The number of benzene rings is 1. The number of nitrogens with zero attached hydrogens (tertiary/aromatic N) is 4. The molecule has 0 unspecified atom stereocenters. The molecule has 0 spiro atoms. The minimum absolute atomic E-state index is 0.631. The monoisotopic (exact) mass is 398 g/mol. The zero-order valence-corrected chi connectivity index (χ0v) is 17.0. The minimum atomic E-state index is 0.631. The molecule has 1 aromatic carbocycles. The summed E-state index contributed by atoms with van der Waals surface area (Å²) in [4.78, 5) is 19.3. The summed E-state index contributed by atoms with van der Waals surface area (Å²) in [6.45, 7) is 4.50. The number of azo groups is 1. The number of thiophene rings is 1. The largest absolute Gasteiger partial charge is 0.371 e. The van der Waals surface area contributed by atoms with Crippen molar-refractivity contribution in [1.29, 1.82) is 0 Å². The summed E-state index contributed by atoms with van der Waals surface area (Å²) >= 11 is 2.85. The van der Waals surface area contributed by atoms with E-state index in [4.69, 9.17) is 0 Å². The Morgan fingerprint density at radius 2 is 2.11 bits per heavy atom. The van der Waals surface area contributed by atoms with Crippen LogP contribution in [0.4, 0.5) is 16.5 Å². The average Bonchev–Trinajstić information content (AvgIpc) is 3.36. The van der Waals surface area contributed by atoms with Crippen LogP contribution in [-0.4, -0.2) is 24.4 Å². The molecule has 4 rings (SSSR count). The van der Waals surface area contributed by atoms with E-state index in [1.54, 1.807) is 0 Å². The smallest absolute Gasteiger partial charge is 0.231 e. The van der Waals surface area contributed by atoms with Crippen molar-refractivity contribution in [3.8, 4) is 0 Å². The zero-order valence-electron chi connectivity index (χ0n) is 15.4. The van der Waals surface area contributed by atoms with Crippen molar-refractivity contribution >= 4 is 55.0 Å². The molecule has 0 bridgehead atoms. The van der Waals surface area contributed by atoms with Crippen molar-refractivity contribution in [1.82, 2.24) is 4.98 Å². The summed E-state index contributed by atoms with van der Waals surface area (Å²) in [5.41, 5.74) is 3.58. The SMILES string of the molecule is CCCCCCN1CCc2cc(/N=N/c3nc4sc(C=O)cc4s3)ccc21. The van der Waals surface area contributed by atoms with E-state index in [1.807, 2.05) is 12.1 Å². The first-order valence-electron chi connectivity index (χ1n) is 9.42. The maximum atomic E-state index is 10.8. The van der Waals surface area contributed by atoms with Gasteiger partial charge in [-0.05, 0) is 42.7 Å². The van der Waals surface area contributed by atoms with Crippen LogP contribution in [0.1, 0.15) is 47.8 Å². The Morgan fingerprint density at radius 3 is 2.93 bits per heavy atom. The number of carbonyl (C=O) groups excluding carboxylic acids is 1. The molecule has 27 heavy (non-hydrogen) atoms. The van der Waals surface area contributed by atoms with E-state index in [0.717, 1.165) is 41.0 Å². The summed E-state index contributed by atoms with van der Waals surface area (Å²) in [6, 6.07) is 8.21. The van der Waals surface area contributed by atoms with Gasteiger partial charge in [-0.25, -0.2) is 4.98 Å². The van der Waals surface area contributed by atoms with Crippen LogP contribution in [0.5, 0.6) is 0 Å². The van der Waals surface area contributed by atoms with Gasteiger partial charge < -0.3 is 4.90 Å². The van der Waals surface area contributed by atoms with Crippen molar-refractivity contribution in [2.75, 3.05) is 18.0 Å². The summed E-state index contributed by atoms with van der Waals surface area (Å²) < 4.78 is 0.990. The van der Waals surface area contributed by atoms with Crippen molar-refractivity contribution in [3.63, 3.8) is 0 Å². The summed E-state index contributed by atoms with van der Waals surface area (Å²) in [7, 11) is 0. The highest BCUT2D eigenvalue weighted by atomic mass is 32.1. The Balaban J connectivity index is 1.43. The van der Waals surface area contributed by atoms with Crippen LogP contribution in [0.3, 0.4) is 0 Å². The van der Waals surface area contributed by atoms with E-state index in [1.165, 1.54) is 59.6 Å². The predicted octanol–water partition coefficient (Wildman–Crippen LogP) is 6.53. The van der Waals surface area contributed by atoms with Gasteiger partial charge in [0.2, 0.25) is 5.13 Å². The first-order valence-corrected chi connectivity index (χ1v) is 11.1. The maximum absolute atomic E-state index is 10.8. The van der Waals surface area contributed by atoms with E-state index < -0.39 is 0 Å². The van der Waals surface area contributed by atoms with Crippen LogP contribution in [-0.2, 0) is 6.42 Å². The number of thiazole rings is 1. The molecule has 0 atom stereocenters. The van der Waals surface area contributed by atoms with Crippen molar-refractivity contribution < 1.29 is 4.79 Å². The third-order valence-electron chi connectivity index (χ3n) is 4.80. The molecule has 3 heterocycles. The van der Waals surface area contributed by atoms with Gasteiger partial charge >= 0.3 is 0 Å². The van der Waals surface area contributed by atoms with Gasteiger partial charge in [-0.2, -0.15) is 0 Å². The Labute approximate surface area is 166 Å². The highest BCUT2D eigenvalue weighted by Gasteiger charge is 2.18. The molecular formula is C20H22N4OS2. The molecule has 0 amide bonds. The highest BCUT2D eigenvalue weighted by molar-refractivity contribution is 7.29. The molecule has 0 N–H and O–H groups in total. The molecule has 7 heteroatoms. The number of hydrogen-bond donors (Lipinski definition) is 0. The lowest BCUT2D eigenvalue weighted by molar-refractivity contribution is 0.112. The van der Waals surface area contributed by atoms with Gasteiger partial charge in [0.15, 0.2) is 6.29 Å². The molecule has 0 saturated heterocycles. The molecule has 3 aromatic rings. The second-order valence-electron chi connectivity index (χ2n) is 6.74. The van der Waals surface area contributed by atoms with Gasteiger partial charge in [0.1, 0.15) is 4.83 Å². The fourth-order valence-electron chi connectivity index (χ4n) is 3.42. The highest BCUT2D eigenvalue weighted by Crippen LogP contribution is 2.35. The van der Waals surface area contributed by atoms with Gasteiger partial charge in [0, 0.05) is 18.8 Å². The van der Waals surface area contributed by atoms with Crippen molar-refractivity contribution in [2.24, 2.45) is 10.2 Å². The topological polar surface area (TPSA) is 57.9 Å². The number of anilines is 1. The van der Waals surface area contributed by atoms with Crippen LogP contribution < -0.4 is 4.90 Å². The van der Waals surface area contributed by atoms with Gasteiger partial charge in [-0.1, -0.05) is 37.5 Å². The summed E-state index contributed by atoms with van der Waals surface area (Å²) in [5, 5.41) is 9.30. The number of unbranched alkanes of at least 4 members (excludes halogenated alkanes) is 3. The molecule has 1 aliphatic heterocycles. The van der Waals surface area contributed by atoms with Crippen LogP contribution in [0.2, 0.25) is 0 Å². The number of fused-ring (bicyclic) bond motifs is 2. The van der Waals surface area contributed by atoms with Crippen molar-refractivity contribution in [2.45, 2.75) is 39.0 Å². The van der Waals surface area contributed by atoms with Crippen LogP contribution in [0.25, 0.3) is 9.53 Å². The number of rotatable bonds is 8. The van der Waals surface area contributed by atoms with E-state index in [0.29, 0.717) is 10.0 Å². The third-order valence-corrected chi connectivity index (χ3v) is 6.77. The second-order valence-corrected chi connectivity index (χ2v) is 8.81. The number of hydrogen-bond acceptors (Lipinski definition) is 7. The molecule has 0 aliphatic carbocycles. The first-order chi connectivity index (χ1) is 13.3. The average molecular weight is 399 g/mol. The van der Waals surface area contributed by atoms with Gasteiger partial charge in [-0.15, -0.1) is 21.6 Å². The van der Waals surface area contributed by atoms with Gasteiger partial charge in [0.05, 0.1) is 15.3 Å².